The number of allylic oxidation sites excluding steroid dienone is 1. The van der Waals surface area contributed by atoms with Crippen LogP contribution >= 0.6 is 23.4 Å². The highest BCUT2D eigenvalue weighted by Crippen LogP contribution is 2.40. The van der Waals surface area contributed by atoms with Gasteiger partial charge in [0.2, 0.25) is 0 Å². The Labute approximate surface area is 225 Å². The topological polar surface area (TPSA) is 114 Å². The first-order valence-electron chi connectivity index (χ1n) is 11.9. The second kappa shape index (κ2) is 12.8. The van der Waals surface area contributed by atoms with Crippen LogP contribution in [-0.4, -0.2) is 60.1 Å². The molecule has 3 rings (SSSR count). The number of rotatable bonds is 8. The smallest absolute Gasteiger partial charge is 0.303 e. The fourth-order valence-electron chi connectivity index (χ4n) is 4.43. The first-order chi connectivity index (χ1) is 17.4. The number of esters is 4. The highest BCUT2D eigenvalue weighted by Gasteiger charge is 2.52. The quantitative estimate of drug-likeness (QED) is 0.346. The van der Waals surface area contributed by atoms with Crippen molar-refractivity contribution < 1.29 is 42.9 Å². The molecule has 1 aromatic rings. The van der Waals surface area contributed by atoms with E-state index < -0.39 is 54.4 Å². The van der Waals surface area contributed by atoms with Gasteiger partial charge in [-0.3, -0.25) is 19.2 Å². The lowest BCUT2D eigenvalue weighted by molar-refractivity contribution is -0.254. The molecule has 4 unspecified atom stereocenters. The van der Waals surface area contributed by atoms with E-state index in [1.165, 1.54) is 27.7 Å². The predicted octanol–water partition coefficient (Wildman–Crippen LogP) is 3.92. The molecule has 2 heterocycles. The second-order valence-corrected chi connectivity index (χ2v) is 11.0. The molecule has 6 atom stereocenters. The maximum Gasteiger partial charge on any atom is 0.303 e. The lowest BCUT2D eigenvalue weighted by Crippen LogP contribution is -2.59. The molecule has 2 aliphatic rings. The number of thioether (sulfide) groups is 1. The van der Waals surface area contributed by atoms with Crippen molar-refractivity contribution in [2.75, 3.05) is 6.61 Å². The van der Waals surface area contributed by atoms with Crippen LogP contribution in [0.25, 0.3) is 0 Å². The van der Waals surface area contributed by atoms with Gasteiger partial charge in [0.1, 0.15) is 18.8 Å². The van der Waals surface area contributed by atoms with Crippen LogP contribution in [0.4, 0.5) is 0 Å². The van der Waals surface area contributed by atoms with E-state index >= 15 is 0 Å². The van der Waals surface area contributed by atoms with E-state index in [0.717, 1.165) is 28.3 Å². The minimum atomic E-state index is -1.21. The third-order valence-corrected chi connectivity index (χ3v) is 7.47. The molecule has 0 radical (unpaired) electrons. The van der Waals surface area contributed by atoms with Crippen LogP contribution in [0, 0.1) is 6.92 Å². The van der Waals surface area contributed by atoms with E-state index in [4.69, 9.17) is 35.3 Å². The molecule has 0 N–H and O–H groups in total. The summed E-state index contributed by atoms with van der Waals surface area (Å²) in [4.78, 5) is 47.7. The van der Waals surface area contributed by atoms with E-state index in [-0.39, 0.29) is 11.9 Å². The maximum absolute atomic E-state index is 12.1. The zero-order valence-corrected chi connectivity index (χ0v) is 22.9. The van der Waals surface area contributed by atoms with Gasteiger partial charge in [-0.15, -0.1) is 11.8 Å². The summed E-state index contributed by atoms with van der Waals surface area (Å²) in [5.41, 5.74) is 2.79. The van der Waals surface area contributed by atoms with Gasteiger partial charge in [0.15, 0.2) is 18.3 Å². The second-order valence-electron chi connectivity index (χ2n) is 8.99. The van der Waals surface area contributed by atoms with Crippen molar-refractivity contribution in [3.8, 4) is 0 Å². The lowest BCUT2D eigenvalue weighted by Gasteiger charge is -2.44. The van der Waals surface area contributed by atoms with Crippen LogP contribution in [0.5, 0.6) is 0 Å². The Hall–Kier alpha value is -2.56. The zero-order chi connectivity index (χ0) is 27.3. The summed E-state index contributed by atoms with van der Waals surface area (Å²) in [6.45, 7) is 6.58. The van der Waals surface area contributed by atoms with Crippen LogP contribution in [0.1, 0.15) is 56.9 Å². The van der Waals surface area contributed by atoms with Gasteiger partial charge in [-0.2, -0.15) is 0 Å². The number of halogens is 1. The molecule has 0 amide bonds. The van der Waals surface area contributed by atoms with Gasteiger partial charge < -0.3 is 23.7 Å². The number of ether oxygens (including phenoxy) is 5. The molecule has 1 fully saturated rings. The largest absolute Gasteiger partial charge is 0.463 e. The standard InChI is InChI=1S/C26H31ClO9S/c1-13-6-7-18(10-19(13)11-20-8-9-22(27)37-20)23-25(34-16(4)30)26(35-17(5)31)24(33-15(3)29)21(36-23)12-32-14(2)28/h6-7,9-10,20-21,23-26H,8,11-12H2,1-5H3/t20?,21?,23?,24-,25+,26?/m1/s1. The highest BCUT2D eigenvalue weighted by molar-refractivity contribution is 8.05. The highest BCUT2D eigenvalue weighted by atomic mass is 35.5. The van der Waals surface area contributed by atoms with Gasteiger partial charge in [0, 0.05) is 32.9 Å². The molecule has 202 valence electrons. The fraction of sp³-hybridized carbons (Fsp3) is 0.538. The molecule has 11 heteroatoms. The SMILES string of the molecule is CC(=O)OCC1OC(c2ccc(C)c(CC3CC=C(Cl)S3)c2)[C@H](OC(C)=O)C(OC(C)=O)[C@@H]1OC(C)=O. The van der Waals surface area contributed by atoms with E-state index in [0.29, 0.717) is 5.56 Å². The fourth-order valence-corrected chi connectivity index (χ4v) is 5.87. The normalized spacial score (nSPS) is 27.1. The van der Waals surface area contributed by atoms with Crippen molar-refractivity contribution in [2.45, 2.75) is 83.2 Å². The average molecular weight is 555 g/mol. The maximum atomic E-state index is 12.1. The summed E-state index contributed by atoms with van der Waals surface area (Å²) in [5.74, 6) is -2.53. The van der Waals surface area contributed by atoms with Crippen molar-refractivity contribution in [1.82, 2.24) is 0 Å². The first kappa shape index (κ1) is 29.0. The molecule has 0 saturated carbocycles. The number of carbonyl (C=O) groups is 4. The van der Waals surface area contributed by atoms with Crippen LogP contribution in [0.15, 0.2) is 28.6 Å². The van der Waals surface area contributed by atoms with Crippen molar-refractivity contribution >= 4 is 47.2 Å². The van der Waals surface area contributed by atoms with Crippen molar-refractivity contribution in [1.29, 1.82) is 0 Å². The minimum Gasteiger partial charge on any atom is -0.463 e. The van der Waals surface area contributed by atoms with E-state index in [1.54, 1.807) is 11.8 Å². The van der Waals surface area contributed by atoms with E-state index in [9.17, 15) is 19.2 Å². The number of aryl methyl sites for hydroxylation is 1. The van der Waals surface area contributed by atoms with Gasteiger partial charge in [-0.25, -0.2) is 0 Å². The molecular weight excluding hydrogens is 524 g/mol. The Kier molecular flexibility index (Phi) is 10.0. The van der Waals surface area contributed by atoms with Gasteiger partial charge in [0.05, 0.1) is 4.36 Å². The lowest BCUT2D eigenvalue weighted by atomic mass is 9.88. The minimum absolute atomic E-state index is 0.268. The van der Waals surface area contributed by atoms with Gasteiger partial charge >= 0.3 is 23.9 Å². The van der Waals surface area contributed by atoms with Gasteiger partial charge in [-0.1, -0.05) is 35.9 Å². The summed E-state index contributed by atoms with van der Waals surface area (Å²) in [6, 6.07) is 5.74. The molecule has 0 bridgehead atoms. The van der Waals surface area contributed by atoms with Crippen LogP contribution < -0.4 is 0 Å². The molecule has 0 spiro atoms. The number of hydrogen-bond donors (Lipinski definition) is 0. The van der Waals surface area contributed by atoms with Crippen molar-refractivity contribution in [3.63, 3.8) is 0 Å². The van der Waals surface area contributed by atoms with Crippen LogP contribution in [-0.2, 0) is 49.3 Å². The molecule has 0 aromatic heterocycles. The van der Waals surface area contributed by atoms with Crippen molar-refractivity contribution in [2.24, 2.45) is 0 Å². The van der Waals surface area contributed by atoms with E-state index in [2.05, 4.69) is 0 Å². The summed E-state index contributed by atoms with van der Waals surface area (Å²) in [5, 5.41) is 0.289. The summed E-state index contributed by atoms with van der Waals surface area (Å²) in [6.07, 6.45) is -1.82. The van der Waals surface area contributed by atoms with E-state index in [1.807, 2.05) is 31.2 Å². The molecular formula is C26H31ClO9S. The molecule has 1 saturated heterocycles. The average Bonchev–Trinajstić information content (AvgIpc) is 3.20. The predicted molar refractivity (Wildman–Crippen MR) is 136 cm³/mol. The summed E-state index contributed by atoms with van der Waals surface area (Å²) >= 11 is 7.77. The number of hydrogen-bond acceptors (Lipinski definition) is 10. The first-order valence-corrected chi connectivity index (χ1v) is 13.1. The van der Waals surface area contributed by atoms with Crippen LogP contribution in [0.2, 0.25) is 0 Å². The Balaban J connectivity index is 2.02. The molecule has 0 aliphatic carbocycles. The summed E-state index contributed by atoms with van der Waals surface area (Å²) < 4.78 is 28.8. The number of benzene rings is 1. The van der Waals surface area contributed by atoms with Crippen molar-refractivity contribution in [3.05, 3.63) is 45.3 Å². The molecule has 1 aromatic carbocycles. The van der Waals surface area contributed by atoms with Crippen LogP contribution in [0.3, 0.4) is 0 Å². The molecule has 37 heavy (non-hydrogen) atoms. The Morgan fingerprint density at radius 2 is 1.57 bits per heavy atom. The number of carbonyl (C=O) groups excluding carboxylic acids is 4. The Bertz CT molecular complexity index is 1070. The monoisotopic (exact) mass is 554 g/mol. The molecule has 9 nitrogen and oxygen atoms in total. The molecule has 2 aliphatic heterocycles. The van der Waals surface area contributed by atoms with Gasteiger partial charge in [0.25, 0.3) is 0 Å². The zero-order valence-electron chi connectivity index (χ0n) is 21.4. The summed E-state index contributed by atoms with van der Waals surface area (Å²) in [7, 11) is 0. The third kappa shape index (κ3) is 7.96. The Morgan fingerprint density at radius 3 is 2.14 bits per heavy atom. The van der Waals surface area contributed by atoms with Gasteiger partial charge in [-0.05, 0) is 36.5 Å². The third-order valence-electron chi connectivity index (χ3n) is 5.96. The Morgan fingerprint density at radius 1 is 0.946 bits per heavy atom.